The molecule has 0 aliphatic carbocycles. The molecule has 2 aliphatic rings. The summed E-state index contributed by atoms with van der Waals surface area (Å²) in [5, 5.41) is 6.26. The Bertz CT molecular complexity index is 1220. The summed E-state index contributed by atoms with van der Waals surface area (Å²) in [5.74, 6) is -0.0968. The first-order chi connectivity index (χ1) is 15.1. The van der Waals surface area contributed by atoms with Gasteiger partial charge in [0, 0.05) is 34.6 Å². The Kier molecular flexibility index (Phi) is 4.94. The Balaban J connectivity index is 1.31. The minimum Gasteiger partial charge on any atom is -0.487 e. The normalized spacial score (nSPS) is 16.5. The predicted molar refractivity (Wildman–Crippen MR) is 121 cm³/mol. The van der Waals surface area contributed by atoms with Crippen LogP contribution in [0.3, 0.4) is 0 Å². The van der Waals surface area contributed by atoms with Gasteiger partial charge in [-0.2, -0.15) is 0 Å². The molecule has 5 heteroatoms. The van der Waals surface area contributed by atoms with Crippen LogP contribution in [0, 0.1) is 12.7 Å². The molecule has 4 nitrogen and oxygen atoms in total. The van der Waals surface area contributed by atoms with Crippen LogP contribution >= 0.6 is 0 Å². The second-order valence-electron chi connectivity index (χ2n) is 8.03. The molecule has 2 aliphatic heterocycles. The van der Waals surface area contributed by atoms with E-state index in [-0.39, 0.29) is 11.7 Å². The monoisotopic (exact) mass is 414 g/mol. The molecular weight excluding hydrogens is 391 g/mol. The number of hydrogen-bond donors (Lipinski definition) is 2. The summed E-state index contributed by atoms with van der Waals surface area (Å²) in [6.07, 6.45) is 1.96. The van der Waals surface area contributed by atoms with Gasteiger partial charge in [-0.25, -0.2) is 4.39 Å². The first-order valence-electron chi connectivity index (χ1n) is 10.5. The van der Waals surface area contributed by atoms with Crippen molar-refractivity contribution in [2.45, 2.75) is 26.4 Å². The summed E-state index contributed by atoms with van der Waals surface area (Å²) < 4.78 is 19.7. The fourth-order valence-corrected chi connectivity index (χ4v) is 4.22. The highest BCUT2D eigenvalue weighted by Gasteiger charge is 2.32. The van der Waals surface area contributed by atoms with Crippen molar-refractivity contribution in [3.05, 3.63) is 94.3 Å². The van der Waals surface area contributed by atoms with Crippen LogP contribution in [0.4, 0.5) is 15.8 Å². The summed E-state index contributed by atoms with van der Waals surface area (Å²) in [6, 6.07) is 18.9. The number of ether oxygens (including phenoxy) is 1. The lowest BCUT2D eigenvalue weighted by Gasteiger charge is -2.08. The van der Waals surface area contributed by atoms with Gasteiger partial charge in [0.25, 0.3) is 5.91 Å². The zero-order valence-electron chi connectivity index (χ0n) is 17.3. The van der Waals surface area contributed by atoms with Gasteiger partial charge in [-0.15, -0.1) is 0 Å². The number of anilines is 2. The third-order valence-electron chi connectivity index (χ3n) is 5.73. The number of hydrogen-bond acceptors (Lipinski definition) is 3. The lowest BCUT2D eigenvalue weighted by Crippen LogP contribution is -2.05. The molecule has 156 valence electrons. The highest BCUT2D eigenvalue weighted by molar-refractivity contribution is 6.36. The molecule has 31 heavy (non-hydrogen) atoms. The van der Waals surface area contributed by atoms with Crippen LogP contribution in [-0.4, -0.2) is 12.5 Å². The van der Waals surface area contributed by atoms with Crippen molar-refractivity contribution < 1.29 is 13.9 Å². The van der Waals surface area contributed by atoms with Gasteiger partial charge in [-0.1, -0.05) is 30.3 Å². The Morgan fingerprint density at radius 3 is 2.84 bits per heavy atom. The average molecular weight is 414 g/mol. The first-order valence-corrected chi connectivity index (χ1v) is 10.5. The lowest BCUT2D eigenvalue weighted by molar-refractivity contribution is -0.110. The molecule has 0 atom stereocenters. The van der Waals surface area contributed by atoms with Gasteiger partial charge in [-0.05, 0) is 61.2 Å². The van der Waals surface area contributed by atoms with Gasteiger partial charge < -0.3 is 15.4 Å². The summed E-state index contributed by atoms with van der Waals surface area (Å²) in [6.45, 7) is 3.40. The molecule has 0 saturated carbocycles. The van der Waals surface area contributed by atoms with Crippen LogP contribution in [-0.2, 0) is 22.6 Å². The lowest BCUT2D eigenvalue weighted by atomic mass is 9.98. The highest BCUT2D eigenvalue weighted by atomic mass is 19.1. The van der Waals surface area contributed by atoms with Crippen LogP contribution in [0.15, 0.2) is 60.7 Å². The van der Waals surface area contributed by atoms with E-state index in [2.05, 4.69) is 54.0 Å². The molecule has 0 aromatic heterocycles. The molecule has 0 spiro atoms. The zero-order valence-corrected chi connectivity index (χ0v) is 17.3. The van der Waals surface area contributed by atoms with E-state index in [9.17, 15) is 9.18 Å². The standard InChI is InChI=1S/C26H23FN2O2/c1-16-4-2-6-20(12-16)28-11-3-5-17-7-9-21-18(13-17)15-31-25(21)24-22-14-19(27)8-10-23(22)29-26(24)30/h2,4,6-10,12-14,28H,3,5,11,15H2,1H3,(H,29,30). The van der Waals surface area contributed by atoms with Gasteiger partial charge in [0.05, 0.1) is 5.57 Å². The molecule has 1 amide bonds. The Labute approximate surface area is 180 Å². The number of nitrogens with one attached hydrogen (secondary N) is 2. The zero-order chi connectivity index (χ0) is 21.4. The van der Waals surface area contributed by atoms with Crippen molar-refractivity contribution in [1.82, 2.24) is 0 Å². The average Bonchev–Trinajstić information content (AvgIpc) is 3.30. The number of carbonyl (C=O) groups is 1. The van der Waals surface area contributed by atoms with Crippen LogP contribution in [0.2, 0.25) is 0 Å². The number of amides is 1. The van der Waals surface area contributed by atoms with Crippen LogP contribution in [0.1, 0.15) is 34.2 Å². The quantitative estimate of drug-likeness (QED) is 0.426. The van der Waals surface area contributed by atoms with Crippen molar-refractivity contribution in [1.29, 1.82) is 0 Å². The highest BCUT2D eigenvalue weighted by Crippen LogP contribution is 2.42. The van der Waals surface area contributed by atoms with Gasteiger partial charge in [0.2, 0.25) is 0 Å². The molecule has 0 bridgehead atoms. The molecule has 3 aromatic carbocycles. The van der Waals surface area contributed by atoms with Crippen LogP contribution in [0.5, 0.6) is 0 Å². The third kappa shape index (κ3) is 3.79. The van der Waals surface area contributed by atoms with E-state index in [1.54, 1.807) is 6.07 Å². The molecular formula is C26H23FN2O2. The van der Waals surface area contributed by atoms with E-state index in [0.29, 0.717) is 29.2 Å². The summed E-state index contributed by atoms with van der Waals surface area (Å²) in [5.41, 5.74) is 7.17. The van der Waals surface area contributed by atoms with E-state index < -0.39 is 0 Å². The second-order valence-corrected chi connectivity index (χ2v) is 8.03. The minimum absolute atomic E-state index is 0.255. The molecule has 2 heterocycles. The molecule has 3 aromatic rings. The van der Waals surface area contributed by atoms with Gasteiger partial charge in [0.15, 0.2) is 0 Å². The van der Waals surface area contributed by atoms with Gasteiger partial charge in [-0.3, -0.25) is 4.79 Å². The molecule has 0 fully saturated rings. The molecule has 0 unspecified atom stereocenters. The molecule has 0 radical (unpaired) electrons. The van der Waals surface area contributed by atoms with Crippen LogP contribution < -0.4 is 10.6 Å². The Morgan fingerprint density at radius 1 is 1.06 bits per heavy atom. The maximum Gasteiger partial charge on any atom is 0.260 e. The van der Waals surface area contributed by atoms with E-state index in [4.69, 9.17) is 4.74 Å². The van der Waals surface area contributed by atoms with Crippen molar-refractivity contribution in [3.8, 4) is 0 Å². The summed E-state index contributed by atoms with van der Waals surface area (Å²) in [4.78, 5) is 12.5. The summed E-state index contributed by atoms with van der Waals surface area (Å²) >= 11 is 0. The van der Waals surface area contributed by atoms with E-state index in [1.165, 1.54) is 23.3 Å². The number of halogens is 1. The molecule has 2 N–H and O–H groups in total. The SMILES string of the molecule is Cc1cccc(NCCCc2ccc3c(c2)COC3=C2C(=O)Nc3ccc(F)cc32)c1. The first kappa shape index (κ1) is 19.4. The number of carbonyl (C=O) groups excluding carboxylic acids is 1. The third-order valence-corrected chi connectivity index (χ3v) is 5.73. The smallest absolute Gasteiger partial charge is 0.260 e. The van der Waals surface area contributed by atoms with Crippen LogP contribution in [0.25, 0.3) is 11.3 Å². The number of rotatable bonds is 5. The fourth-order valence-electron chi connectivity index (χ4n) is 4.22. The maximum atomic E-state index is 13.8. The van der Waals surface area contributed by atoms with E-state index in [1.807, 2.05) is 6.07 Å². The number of aryl methyl sites for hydroxylation is 2. The van der Waals surface area contributed by atoms with E-state index in [0.717, 1.165) is 36.2 Å². The maximum absolute atomic E-state index is 13.8. The fraction of sp³-hybridized carbons (Fsp3) is 0.192. The van der Waals surface area contributed by atoms with Crippen molar-refractivity contribution in [2.24, 2.45) is 0 Å². The predicted octanol–water partition coefficient (Wildman–Crippen LogP) is 5.53. The van der Waals surface area contributed by atoms with Crippen molar-refractivity contribution >= 4 is 28.6 Å². The second kappa shape index (κ2) is 7.91. The summed E-state index contributed by atoms with van der Waals surface area (Å²) in [7, 11) is 0. The minimum atomic E-state index is -0.374. The Hall–Kier alpha value is -3.60. The molecule has 5 rings (SSSR count). The number of fused-ring (bicyclic) bond motifs is 2. The van der Waals surface area contributed by atoms with Crippen molar-refractivity contribution in [2.75, 3.05) is 17.2 Å². The van der Waals surface area contributed by atoms with Crippen molar-refractivity contribution in [3.63, 3.8) is 0 Å². The van der Waals surface area contributed by atoms with E-state index >= 15 is 0 Å². The van der Waals surface area contributed by atoms with Gasteiger partial charge in [0.1, 0.15) is 18.2 Å². The Morgan fingerprint density at radius 2 is 1.97 bits per heavy atom. The molecule has 0 saturated heterocycles. The van der Waals surface area contributed by atoms with Gasteiger partial charge >= 0.3 is 0 Å². The largest absolute Gasteiger partial charge is 0.487 e. The topological polar surface area (TPSA) is 50.4 Å². The number of benzene rings is 3.